The highest BCUT2D eigenvalue weighted by molar-refractivity contribution is 5.93. The van der Waals surface area contributed by atoms with Gasteiger partial charge in [0.15, 0.2) is 0 Å². The van der Waals surface area contributed by atoms with Gasteiger partial charge in [0, 0.05) is 51.2 Å². The molecule has 0 radical (unpaired) electrons. The molecule has 1 saturated heterocycles. The van der Waals surface area contributed by atoms with Crippen LogP contribution < -0.4 is 0 Å². The summed E-state index contributed by atoms with van der Waals surface area (Å²) in [6.07, 6.45) is 4.95. The first-order valence-electron chi connectivity index (χ1n) is 10.2. The molecule has 0 aromatic carbocycles. The molecule has 1 aliphatic carbocycles. The van der Waals surface area contributed by atoms with Crippen LogP contribution in [0, 0.1) is 5.41 Å². The van der Waals surface area contributed by atoms with Gasteiger partial charge in [-0.05, 0) is 38.2 Å². The lowest BCUT2D eigenvalue weighted by atomic mass is 9.93. The van der Waals surface area contributed by atoms with Crippen molar-refractivity contribution in [2.75, 3.05) is 39.9 Å². The van der Waals surface area contributed by atoms with Gasteiger partial charge in [-0.1, -0.05) is 6.92 Å². The molecule has 1 atom stereocenters. The Morgan fingerprint density at radius 1 is 1.30 bits per heavy atom. The Balaban J connectivity index is 1.49. The molecule has 1 saturated carbocycles. The summed E-state index contributed by atoms with van der Waals surface area (Å²) in [5.41, 5.74) is 1.52. The molecule has 1 aromatic rings. The molecule has 4 rings (SSSR count). The first kappa shape index (κ1) is 18.5. The Bertz CT molecular complexity index is 725. The first-order chi connectivity index (χ1) is 13.0. The minimum Gasteiger partial charge on any atom is -0.383 e. The van der Waals surface area contributed by atoms with Crippen LogP contribution in [0.2, 0.25) is 0 Å². The molecular weight excluding hydrogens is 344 g/mol. The fraction of sp³-hybridized carbons (Fsp3) is 0.750. The summed E-state index contributed by atoms with van der Waals surface area (Å²) in [7, 11) is 1.66. The van der Waals surface area contributed by atoms with Crippen LogP contribution in [0.5, 0.6) is 0 Å². The minimum atomic E-state index is -0.120. The summed E-state index contributed by atoms with van der Waals surface area (Å²) in [5, 5.41) is 4.77. The van der Waals surface area contributed by atoms with Gasteiger partial charge in [0.1, 0.15) is 5.69 Å². The van der Waals surface area contributed by atoms with Gasteiger partial charge in [-0.3, -0.25) is 14.3 Å². The second-order valence-electron chi connectivity index (χ2n) is 8.47. The standard InChI is InChI=1S/C20H30N4O3/c1-20(6-7-20)19(26)23-8-3-5-15(14-23)16-13-17-18(25)22(11-12-27-2)9-4-10-24(17)21-16/h13,15H,3-12,14H2,1-2H3. The average molecular weight is 374 g/mol. The smallest absolute Gasteiger partial charge is 0.272 e. The number of aryl methyl sites for hydroxylation is 1. The van der Waals surface area contributed by atoms with Gasteiger partial charge in [-0.2, -0.15) is 5.10 Å². The van der Waals surface area contributed by atoms with Gasteiger partial charge >= 0.3 is 0 Å². The van der Waals surface area contributed by atoms with E-state index in [2.05, 4.69) is 6.92 Å². The van der Waals surface area contributed by atoms with Gasteiger partial charge < -0.3 is 14.5 Å². The zero-order valence-electron chi connectivity index (χ0n) is 16.4. The largest absolute Gasteiger partial charge is 0.383 e. The second kappa shape index (κ2) is 7.26. The Morgan fingerprint density at radius 3 is 2.85 bits per heavy atom. The third-order valence-electron chi connectivity index (χ3n) is 6.31. The summed E-state index contributed by atoms with van der Waals surface area (Å²) < 4.78 is 7.00. The monoisotopic (exact) mass is 374 g/mol. The van der Waals surface area contributed by atoms with Crippen molar-refractivity contribution in [1.29, 1.82) is 0 Å². The molecule has 3 aliphatic rings. The van der Waals surface area contributed by atoms with E-state index in [1.54, 1.807) is 7.11 Å². The average Bonchev–Trinajstić information content (AvgIpc) is 3.33. The van der Waals surface area contributed by atoms with Gasteiger partial charge in [-0.25, -0.2) is 0 Å². The van der Waals surface area contributed by atoms with Crippen molar-refractivity contribution < 1.29 is 14.3 Å². The highest BCUT2D eigenvalue weighted by atomic mass is 16.5. The topological polar surface area (TPSA) is 67.7 Å². The van der Waals surface area contributed by atoms with E-state index in [1.807, 2.05) is 20.5 Å². The molecular formula is C20H30N4O3. The van der Waals surface area contributed by atoms with E-state index in [0.717, 1.165) is 64.0 Å². The number of carbonyl (C=O) groups is 2. The lowest BCUT2D eigenvalue weighted by molar-refractivity contribution is -0.137. The molecule has 27 heavy (non-hydrogen) atoms. The lowest BCUT2D eigenvalue weighted by Gasteiger charge is -2.33. The van der Waals surface area contributed by atoms with E-state index in [9.17, 15) is 9.59 Å². The highest BCUT2D eigenvalue weighted by Gasteiger charge is 2.47. The Labute approximate surface area is 160 Å². The maximum Gasteiger partial charge on any atom is 0.272 e. The van der Waals surface area contributed by atoms with Crippen molar-refractivity contribution in [3.05, 3.63) is 17.5 Å². The summed E-state index contributed by atoms with van der Waals surface area (Å²) in [4.78, 5) is 29.5. The molecule has 2 amide bonds. The summed E-state index contributed by atoms with van der Waals surface area (Å²) >= 11 is 0. The zero-order chi connectivity index (χ0) is 19.0. The summed E-state index contributed by atoms with van der Waals surface area (Å²) in [5.74, 6) is 0.567. The second-order valence-corrected chi connectivity index (χ2v) is 8.47. The van der Waals surface area contributed by atoms with Crippen LogP contribution in [0.15, 0.2) is 6.07 Å². The number of carbonyl (C=O) groups excluding carboxylic acids is 2. The fourth-order valence-corrected chi connectivity index (χ4v) is 4.25. The zero-order valence-corrected chi connectivity index (χ0v) is 16.4. The van der Waals surface area contributed by atoms with Gasteiger partial charge in [0.05, 0.1) is 12.3 Å². The van der Waals surface area contributed by atoms with Crippen LogP contribution in [0.1, 0.15) is 61.1 Å². The molecule has 3 heterocycles. The van der Waals surface area contributed by atoms with Gasteiger partial charge in [0.2, 0.25) is 5.91 Å². The number of hydrogen-bond acceptors (Lipinski definition) is 4. The SMILES string of the molecule is COCCN1CCCn2nc(C3CCCN(C(=O)C4(C)CC4)C3)cc2C1=O. The predicted octanol–water partition coefficient (Wildman–Crippen LogP) is 1.88. The van der Waals surface area contributed by atoms with E-state index in [-0.39, 0.29) is 17.2 Å². The van der Waals surface area contributed by atoms with Crippen LogP contribution in [0.3, 0.4) is 0 Å². The van der Waals surface area contributed by atoms with Crippen molar-refractivity contribution in [2.24, 2.45) is 5.41 Å². The number of fused-ring (bicyclic) bond motifs is 1. The van der Waals surface area contributed by atoms with E-state index >= 15 is 0 Å². The predicted molar refractivity (Wildman–Crippen MR) is 101 cm³/mol. The molecule has 1 aromatic heterocycles. The molecule has 0 N–H and O–H groups in total. The minimum absolute atomic E-state index is 0.0394. The van der Waals surface area contributed by atoms with E-state index in [1.165, 1.54) is 0 Å². The maximum atomic E-state index is 12.9. The summed E-state index contributed by atoms with van der Waals surface area (Å²) in [6, 6.07) is 1.96. The van der Waals surface area contributed by atoms with E-state index in [4.69, 9.17) is 9.84 Å². The number of amides is 2. The molecule has 2 fully saturated rings. The molecule has 7 nitrogen and oxygen atoms in total. The first-order valence-corrected chi connectivity index (χ1v) is 10.2. The number of likely N-dealkylation sites (tertiary alicyclic amines) is 1. The molecule has 2 aliphatic heterocycles. The number of piperidine rings is 1. The highest BCUT2D eigenvalue weighted by Crippen LogP contribution is 2.47. The van der Waals surface area contributed by atoms with Gasteiger partial charge in [-0.15, -0.1) is 0 Å². The Hall–Kier alpha value is -1.89. The van der Waals surface area contributed by atoms with Crippen LogP contribution >= 0.6 is 0 Å². The third-order valence-corrected chi connectivity index (χ3v) is 6.31. The summed E-state index contributed by atoms with van der Waals surface area (Å²) in [6.45, 7) is 6.31. The Morgan fingerprint density at radius 2 is 2.11 bits per heavy atom. The fourth-order valence-electron chi connectivity index (χ4n) is 4.25. The molecule has 0 bridgehead atoms. The number of rotatable bonds is 5. The Kier molecular flexibility index (Phi) is 4.97. The number of aromatic nitrogens is 2. The molecule has 7 heteroatoms. The number of hydrogen-bond donors (Lipinski definition) is 0. The van der Waals surface area contributed by atoms with Crippen LogP contribution in [0.25, 0.3) is 0 Å². The van der Waals surface area contributed by atoms with E-state index < -0.39 is 0 Å². The van der Waals surface area contributed by atoms with Crippen molar-refractivity contribution in [3.8, 4) is 0 Å². The molecule has 0 spiro atoms. The molecule has 148 valence electrons. The number of nitrogens with zero attached hydrogens (tertiary/aromatic N) is 4. The van der Waals surface area contributed by atoms with Crippen molar-refractivity contribution in [1.82, 2.24) is 19.6 Å². The lowest BCUT2D eigenvalue weighted by Crippen LogP contribution is -2.42. The number of ether oxygens (including phenoxy) is 1. The van der Waals surface area contributed by atoms with Crippen molar-refractivity contribution in [2.45, 2.75) is 51.5 Å². The van der Waals surface area contributed by atoms with E-state index in [0.29, 0.717) is 24.8 Å². The molecule has 1 unspecified atom stereocenters. The third kappa shape index (κ3) is 3.61. The van der Waals surface area contributed by atoms with Crippen LogP contribution in [-0.4, -0.2) is 71.3 Å². The normalized spacial score (nSPS) is 24.5. The van der Waals surface area contributed by atoms with Crippen molar-refractivity contribution >= 4 is 11.8 Å². The maximum absolute atomic E-state index is 12.9. The number of methoxy groups -OCH3 is 1. The quantitative estimate of drug-likeness (QED) is 0.789. The van der Waals surface area contributed by atoms with Crippen molar-refractivity contribution in [3.63, 3.8) is 0 Å². The van der Waals surface area contributed by atoms with Crippen LogP contribution in [-0.2, 0) is 16.1 Å². The van der Waals surface area contributed by atoms with Crippen LogP contribution in [0.4, 0.5) is 0 Å². The van der Waals surface area contributed by atoms with Gasteiger partial charge in [0.25, 0.3) is 5.91 Å².